The summed E-state index contributed by atoms with van der Waals surface area (Å²) in [6.45, 7) is 3.80. The Morgan fingerprint density at radius 2 is 2.18 bits per heavy atom. The predicted molar refractivity (Wildman–Crippen MR) is 137 cm³/mol. The zero-order valence-electron chi connectivity index (χ0n) is 20.4. The summed E-state index contributed by atoms with van der Waals surface area (Å²) in [4.78, 5) is 16.9. The molecule has 2 aliphatic heterocycles. The fourth-order valence-corrected chi connectivity index (χ4v) is 6.06. The summed E-state index contributed by atoms with van der Waals surface area (Å²) < 4.78 is 12.3. The minimum Gasteiger partial charge on any atom is -0.391 e. The molecule has 0 aromatic carbocycles. The third-order valence-corrected chi connectivity index (χ3v) is 8.07. The van der Waals surface area contributed by atoms with Crippen molar-refractivity contribution < 1.29 is 19.4 Å². The van der Waals surface area contributed by atoms with Gasteiger partial charge in [-0.25, -0.2) is 0 Å². The smallest absolute Gasteiger partial charge is 0.223 e. The van der Waals surface area contributed by atoms with Gasteiger partial charge in [-0.05, 0) is 76.3 Å². The molecule has 4 rings (SSSR count). The van der Waals surface area contributed by atoms with E-state index in [2.05, 4.69) is 43.4 Å². The van der Waals surface area contributed by atoms with Gasteiger partial charge in [0, 0.05) is 29.3 Å². The number of carbonyl (C=O) groups is 1. The second kappa shape index (κ2) is 12.8. The highest BCUT2D eigenvalue weighted by Crippen LogP contribution is 2.27. The molecule has 34 heavy (non-hydrogen) atoms. The molecule has 0 bridgehead atoms. The van der Waals surface area contributed by atoms with Crippen LogP contribution in [0.4, 0.5) is 0 Å². The zero-order chi connectivity index (χ0) is 23.8. The van der Waals surface area contributed by atoms with Gasteiger partial charge in [-0.15, -0.1) is 11.3 Å². The quantitative estimate of drug-likeness (QED) is 0.418. The highest BCUT2D eigenvalue weighted by atomic mass is 32.1. The van der Waals surface area contributed by atoms with Crippen molar-refractivity contribution in [3.8, 4) is 0 Å². The second-order valence-electron chi connectivity index (χ2n) is 9.72. The SMILES string of the molecule is CC1=CC(C[C@@H](/C=C/[C@H]2CCC(=O)N2CCCc2ccc(CO)s2)OC2CCCCO2)CC=C1. The molecular weight excluding hydrogens is 446 g/mol. The molecule has 1 aromatic heterocycles. The Labute approximate surface area is 208 Å². The fourth-order valence-electron chi connectivity index (χ4n) is 5.14. The lowest BCUT2D eigenvalue weighted by molar-refractivity contribution is -0.180. The van der Waals surface area contributed by atoms with Crippen molar-refractivity contribution in [2.24, 2.45) is 5.92 Å². The summed E-state index contributed by atoms with van der Waals surface area (Å²) in [6.07, 6.45) is 19.7. The molecule has 0 spiro atoms. The molecule has 2 fully saturated rings. The van der Waals surface area contributed by atoms with Crippen LogP contribution in [-0.2, 0) is 27.3 Å². The predicted octanol–water partition coefficient (Wildman–Crippen LogP) is 5.54. The molecule has 3 heterocycles. The van der Waals surface area contributed by atoms with E-state index in [1.165, 1.54) is 10.5 Å². The van der Waals surface area contributed by atoms with E-state index in [1.807, 2.05) is 11.0 Å². The Balaban J connectivity index is 1.35. The number of nitrogens with zero attached hydrogens (tertiary/aromatic N) is 1. The molecule has 0 saturated carbocycles. The minimum absolute atomic E-state index is 0.00998. The summed E-state index contributed by atoms with van der Waals surface area (Å²) in [5.41, 5.74) is 1.32. The van der Waals surface area contributed by atoms with Crippen LogP contribution in [0.15, 0.2) is 48.1 Å². The highest BCUT2D eigenvalue weighted by Gasteiger charge is 2.29. The van der Waals surface area contributed by atoms with Crippen molar-refractivity contribution in [2.45, 2.75) is 89.8 Å². The molecule has 1 amide bonds. The molecule has 1 aromatic rings. The summed E-state index contributed by atoms with van der Waals surface area (Å²) in [6, 6.07) is 4.22. The number of aryl methyl sites for hydroxylation is 1. The van der Waals surface area contributed by atoms with Gasteiger partial charge in [0.2, 0.25) is 5.91 Å². The largest absolute Gasteiger partial charge is 0.391 e. The lowest BCUT2D eigenvalue weighted by Crippen LogP contribution is -2.33. The lowest BCUT2D eigenvalue weighted by atomic mass is 9.91. The van der Waals surface area contributed by atoms with Gasteiger partial charge in [0.25, 0.3) is 0 Å². The number of carbonyl (C=O) groups excluding carboxylic acids is 1. The Kier molecular flexibility index (Phi) is 9.57. The number of aliphatic hydroxyl groups is 1. The topological polar surface area (TPSA) is 59.0 Å². The average molecular weight is 486 g/mol. The van der Waals surface area contributed by atoms with Crippen LogP contribution in [0.3, 0.4) is 0 Å². The maximum Gasteiger partial charge on any atom is 0.223 e. The first kappa shape index (κ1) is 25.4. The molecule has 0 radical (unpaired) electrons. The van der Waals surface area contributed by atoms with Crippen LogP contribution < -0.4 is 0 Å². The number of hydrogen-bond donors (Lipinski definition) is 1. The van der Waals surface area contributed by atoms with Gasteiger partial charge in [0.1, 0.15) is 0 Å². The van der Waals surface area contributed by atoms with Crippen LogP contribution in [0, 0.1) is 5.92 Å². The minimum atomic E-state index is -0.122. The van der Waals surface area contributed by atoms with Gasteiger partial charge in [0.05, 0.1) is 18.8 Å². The Hall–Kier alpha value is -1.73. The molecule has 4 atom stereocenters. The van der Waals surface area contributed by atoms with Gasteiger partial charge in [-0.2, -0.15) is 0 Å². The van der Waals surface area contributed by atoms with E-state index in [9.17, 15) is 9.90 Å². The van der Waals surface area contributed by atoms with Crippen molar-refractivity contribution in [2.75, 3.05) is 13.2 Å². The van der Waals surface area contributed by atoms with Crippen LogP contribution >= 0.6 is 11.3 Å². The normalized spacial score (nSPS) is 26.4. The van der Waals surface area contributed by atoms with E-state index in [4.69, 9.17) is 9.47 Å². The van der Waals surface area contributed by atoms with Crippen LogP contribution in [0.2, 0.25) is 0 Å². The van der Waals surface area contributed by atoms with Gasteiger partial charge < -0.3 is 19.5 Å². The first-order valence-corrected chi connectivity index (χ1v) is 13.7. The van der Waals surface area contributed by atoms with Crippen molar-refractivity contribution in [1.82, 2.24) is 4.90 Å². The number of hydrogen-bond acceptors (Lipinski definition) is 5. The molecule has 1 aliphatic carbocycles. The zero-order valence-corrected chi connectivity index (χ0v) is 21.2. The number of likely N-dealkylation sites (tertiary alicyclic amines) is 1. The fraction of sp³-hybridized carbons (Fsp3) is 0.607. The molecule has 2 saturated heterocycles. The van der Waals surface area contributed by atoms with Gasteiger partial charge in [-0.1, -0.05) is 36.0 Å². The lowest BCUT2D eigenvalue weighted by Gasteiger charge is -2.29. The Morgan fingerprint density at radius 1 is 1.29 bits per heavy atom. The third kappa shape index (κ3) is 7.38. The van der Waals surface area contributed by atoms with E-state index in [0.29, 0.717) is 12.3 Å². The second-order valence-corrected chi connectivity index (χ2v) is 11.0. The summed E-state index contributed by atoms with van der Waals surface area (Å²) in [7, 11) is 0. The van der Waals surface area contributed by atoms with Crippen LogP contribution in [0.1, 0.15) is 68.0 Å². The van der Waals surface area contributed by atoms with E-state index in [0.717, 1.165) is 69.4 Å². The molecule has 6 heteroatoms. The molecule has 1 N–H and O–H groups in total. The third-order valence-electron chi connectivity index (χ3n) is 6.94. The number of aliphatic hydroxyl groups excluding tert-OH is 1. The molecule has 3 aliphatic rings. The molecule has 2 unspecified atom stereocenters. The van der Waals surface area contributed by atoms with Crippen LogP contribution in [-0.4, -0.2) is 47.5 Å². The maximum atomic E-state index is 12.6. The van der Waals surface area contributed by atoms with E-state index < -0.39 is 0 Å². The molecular formula is C28H39NO4S. The van der Waals surface area contributed by atoms with Crippen molar-refractivity contribution in [3.63, 3.8) is 0 Å². The summed E-state index contributed by atoms with van der Waals surface area (Å²) in [5, 5.41) is 9.27. The highest BCUT2D eigenvalue weighted by molar-refractivity contribution is 7.11. The first-order chi connectivity index (χ1) is 16.6. The van der Waals surface area contributed by atoms with Crippen LogP contribution in [0.5, 0.6) is 0 Å². The van der Waals surface area contributed by atoms with Crippen molar-refractivity contribution >= 4 is 17.2 Å². The number of thiophene rings is 1. The average Bonchev–Trinajstić information content (AvgIpc) is 3.45. The van der Waals surface area contributed by atoms with E-state index >= 15 is 0 Å². The molecule has 5 nitrogen and oxygen atoms in total. The maximum absolute atomic E-state index is 12.6. The van der Waals surface area contributed by atoms with E-state index in [1.54, 1.807) is 11.3 Å². The van der Waals surface area contributed by atoms with Crippen LogP contribution in [0.25, 0.3) is 0 Å². The monoisotopic (exact) mass is 485 g/mol. The number of rotatable bonds is 11. The first-order valence-electron chi connectivity index (χ1n) is 12.9. The van der Waals surface area contributed by atoms with Gasteiger partial charge in [-0.3, -0.25) is 4.79 Å². The molecule has 186 valence electrons. The standard InChI is InChI=1S/C28H39NO4S/c1-21-6-4-7-22(18-21)19-24(33-28-9-2-3-17-32-28)12-10-23-11-15-27(31)29(23)16-5-8-25-13-14-26(20-30)34-25/h4,6,10,12-14,18,22-24,28,30H,2-3,5,7-9,11,15-17,19-20H2,1H3/b12-10+/t22?,23-,24+,28?/m0/s1. The number of allylic oxidation sites excluding steroid dienone is 4. The van der Waals surface area contributed by atoms with Gasteiger partial charge >= 0.3 is 0 Å². The Bertz CT molecular complexity index is 883. The Morgan fingerprint density at radius 3 is 2.94 bits per heavy atom. The summed E-state index contributed by atoms with van der Waals surface area (Å²) in [5.74, 6) is 0.722. The van der Waals surface area contributed by atoms with Crippen molar-refractivity contribution in [1.29, 1.82) is 0 Å². The number of ether oxygens (including phenoxy) is 2. The van der Waals surface area contributed by atoms with Gasteiger partial charge in [0.15, 0.2) is 6.29 Å². The number of amides is 1. The summed E-state index contributed by atoms with van der Waals surface area (Å²) >= 11 is 1.66. The van der Waals surface area contributed by atoms with Crippen molar-refractivity contribution in [3.05, 3.63) is 57.8 Å². The van der Waals surface area contributed by atoms with E-state index in [-0.39, 0.29) is 30.9 Å².